The molecule has 1 rings (SSSR count). The van der Waals surface area contributed by atoms with Gasteiger partial charge >= 0.3 is 0 Å². The van der Waals surface area contributed by atoms with Crippen molar-refractivity contribution < 1.29 is 16.9 Å². The van der Waals surface area contributed by atoms with Gasteiger partial charge in [0.25, 0.3) is 0 Å². The van der Waals surface area contributed by atoms with E-state index in [2.05, 4.69) is 20.8 Å². The summed E-state index contributed by atoms with van der Waals surface area (Å²) in [5.74, 6) is 0. The Morgan fingerprint density at radius 2 is 0.964 bits per heavy atom. The Labute approximate surface area is 185 Å². The minimum Gasteiger partial charge on any atom is -1.00 e. The standard InChI is InChI=1S/C26H54N.ClH/c1-4-7-9-10-11-12-13-14-15-16-17-21-25-27(6-3,24-8-5-2)26-22-19-18-20-23-26;/h26H,4-25H2,1-3H3;1H/q+1;/p-1. The van der Waals surface area contributed by atoms with E-state index < -0.39 is 0 Å². The molecule has 0 amide bonds. The third-order valence-corrected chi connectivity index (χ3v) is 7.39. The quantitative estimate of drug-likeness (QED) is 0.200. The number of rotatable bonds is 18. The van der Waals surface area contributed by atoms with Crippen LogP contribution in [0.2, 0.25) is 0 Å². The molecule has 0 saturated heterocycles. The summed E-state index contributed by atoms with van der Waals surface area (Å²) in [6.45, 7) is 11.5. The highest BCUT2D eigenvalue weighted by molar-refractivity contribution is 4.68. The monoisotopic (exact) mass is 415 g/mol. The lowest BCUT2D eigenvalue weighted by Gasteiger charge is -2.46. The Bertz CT molecular complexity index is 314. The lowest BCUT2D eigenvalue weighted by atomic mass is 9.91. The number of hydrogen-bond acceptors (Lipinski definition) is 0. The molecule has 0 N–H and O–H groups in total. The topological polar surface area (TPSA) is 0 Å². The zero-order valence-electron chi connectivity index (χ0n) is 20.0. The van der Waals surface area contributed by atoms with Crippen LogP contribution in [-0.4, -0.2) is 30.2 Å². The Morgan fingerprint density at radius 1 is 0.536 bits per heavy atom. The molecule has 0 heterocycles. The second-order valence-corrected chi connectivity index (χ2v) is 9.52. The molecule has 0 spiro atoms. The molecule has 1 aliphatic carbocycles. The first-order chi connectivity index (χ1) is 13.3. The first-order valence-corrected chi connectivity index (χ1v) is 13.1. The predicted octanol–water partition coefficient (Wildman–Crippen LogP) is 5.66. The lowest BCUT2D eigenvalue weighted by Crippen LogP contribution is -3.00. The van der Waals surface area contributed by atoms with Crippen LogP contribution in [-0.2, 0) is 0 Å². The fourth-order valence-corrected chi connectivity index (χ4v) is 5.42. The van der Waals surface area contributed by atoms with Crippen molar-refractivity contribution in [1.29, 1.82) is 0 Å². The Hall–Kier alpha value is 0.250. The fraction of sp³-hybridized carbons (Fsp3) is 1.00. The van der Waals surface area contributed by atoms with Crippen molar-refractivity contribution >= 4 is 0 Å². The van der Waals surface area contributed by atoms with E-state index in [0.29, 0.717) is 0 Å². The van der Waals surface area contributed by atoms with E-state index in [1.54, 1.807) is 0 Å². The Morgan fingerprint density at radius 3 is 1.43 bits per heavy atom. The summed E-state index contributed by atoms with van der Waals surface area (Å²) in [7, 11) is 0. The SMILES string of the molecule is CCCCCCCCCCCCCC[N+](CC)(CCCC)C1CCCCC1.[Cl-]. The van der Waals surface area contributed by atoms with Crippen molar-refractivity contribution in [3.8, 4) is 0 Å². The first kappa shape index (κ1) is 28.2. The van der Waals surface area contributed by atoms with Crippen LogP contribution in [0.25, 0.3) is 0 Å². The van der Waals surface area contributed by atoms with Gasteiger partial charge in [0.2, 0.25) is 0 Å². The average molecular weight is 416 g/mol. The third-order valence-electron chi connectivity index (χ3n) is 7.39. The maximum atomic E-state index is 2.48. The molecular weight excluding hydrogens is 362 g/mol. The van der Waals surface area contributed by atoms with E-state index in [-0.39, 0.29) is 12.4 Å². The molecule has 0 aliphatic heterocycles. The molecule has 1 atom stereocenters. The summed E-state index contributed by atoms with van der Waals surface area (Å²) in [5, 5.41) is 0. The zero-order valence-corrected chi connectivity index (χ0v) is 20.7. The largest absolute Gasteiger partial charge is 1.00 e. The van der Waals surface area contributed by atoms with E-state index in [4.69, 9.17) is 0 Å². The van der Waals surface area contributed by atoms with Crippen molar-refractivity contribution in [2.24, 2.45) is 0 Å². The Kier molecular flexibility index (Phi) is 19.4. The van der Waals surface area contributed by atoms with Gasteiger partial charge in [0.15, 0.2) is 0 Å². The summed E-state index contributed by atoms with van der Waals surface area (Å²) in [6.07, 6.45) is 27.9. The molecule has 1 saturated carbocycles. The molecule has 0 aromatic carbocycles. The third kappa shape index (κ3) is 12.1. The van der Waals surface area contributed by atoms with Gasteiger partial charge in [0.05, 0.1) is 25.7 Å². The second-order valence-electron chi connectivity index (χ2n) is 9.52. The van der Waals surface area contributed by atoms with E-state index in [1.165, 1.54) is 146 Å². The molecule has 28 heavy (non-hydrogen) atoms. The van der Waals surface area contributed by atoms with Crippen LogP contribution in [0.4, 0.5) is 0 Å². The van der Waals surface area contributed by atoms with Crippen LogP contribution in [0.3, 0.4) is 0 Å². The summed E-state index contributed by atoms with van der Waals surface area (Å²) in [6, 6.07) is 0.989. The van der Waals surface area contributed by atoms with Gasteiger partial charge in [-0.1, -0.05) is 90.9 Å². The molecule has 170 valence electrons. The molecule has 1 fully saturated rings. The van der Waals surface area contributed by atoms with Gasteiger partial charge in [0.1, 0.15) is 0 Å². The Balaban J connectivity index is 0.00000729. The van der Waals surface area contributed by atoms with E-state index in [9.17, 15) is 0 Å². The molecule has 0 bridgehead atoms. The predicted molar refractivity (Wildman–Crippen MR) is 123 cm³/mol. The summed E-state index contributed by atoms with van der Waals surface area (Å²) in [5.41, 5.74) is 0. The van der Waals surface area contributed by atoms with Crippen LogP contribution in [0.1, 0.15) is 143 Å². The van der Waals surface area contributed by atoms with Gasteiger partial charge in [-0.3, -0.25) is 0 Å². The first-order valence-electron chi connectivity index (χ1n) is 13.1. The molecular formula is C26H54ClN. The summed E-state index contributed by atoms with van der Waals surface area (Å²) >= 11 is 0. The smallest absolute Gasteiger partial charge is 0.0890 e. The highest BCUT2D eigenvalue weighted by Crippen LogP contribution is 2.30. The minimum absolute atomic E-state index is 0. The van der Waals surface area contributed by atoms with Crippen molar-refractivity contribution in [2.75, 3.05) is 19.6 Å². The number of halogens is 1. The van der Waals surface area contributed by atoms with E-state index >= 15 is 0 Å². The molecule has 0 aromatic heterocycles. The number of hydrogen-bond donors (Lipinski definition) is 0. The minimum atomic E-state index is 0. The second kappa shape index (κ2) is 19.2. The highest BCUT2D eigenvalue weighted by atomic mass is 35.5. The van der Waals surface area contributed by atoms with Gasteiger partial charge < -0.3 is 16.9 Å². The molecule has 2 heteroatoms. The molecule has 0 aromatic rings. The van der Waals surface area contributed by atoms with Crippen LogP contribution in [0.15, 0.2) is 0 Å². The van der Waals surface area contributed by atoms with E-state index in [1.807, 2.05) is 0 Å². The van der Waals surface area contributed by atoms with E-state index in [0.717, 1.165) is 6.04 Å². The van der Waals surface area contributed by atoms with Gasteiger partial charge in [-0.25, -0.2) is 0 Å². The van der Waals surface area contributed by atoms with Gasteiger partial charge in [-0.15, -0.1) is 0 Å². The maximum absolute atomic E-state index is 2.48. The number of unbranched alkanes of at least 4 members (excludes halogenated alkanes) is 12. The molecule has 0 radical (unpaired) electrons. The van der Waals surface area contributed by atoms with Gasteiger partial charge in [-0.2, -0.15) is 0 Å². The zero-order chi connectivity index (χ0) is 19.6. The maximum Gasteiger partial charge on any atom is 0.0890 e. The van der Waals surface area contributed by atoms with Crippen molar-refractivity contribution in [2.45, 2.75) is 149 Å². The molecule has 1 unspecified atom stereocenters. The molecule has 1 nitrogen and oxygen atoms in total. The van der Waals surface area contributed by atoms with Crippen LogP contribution < -0.4 is 12.4 Å². The summed E-state index contributed by atoms with van der Waals surface area (Å²) < 4.78 is 1.46. The van der Waals surface area contributed by atoms with Gasteiger partial charge in [0, 0.05) is 0 Å². The summed E-state index contributed by atoms with van der Waals surface area (Å²) in [4.78, 5) is 0. The van der Waals surface area contributed by atoms with Crippen LogP contribution in [0, 0.1) is 0 Å². The van der Waals surface area contributed by atoms with Crippen LogP contribution in [0.5, 0.6) is 0 Å². The molecule has 1 aliphatic rings. The highest BCUT2D eigenvalue weighted by Gasteiger charge is 2.35. The normalized spacial score (nSPS) is 17.2. The fourth-order valence-electron chi connectivity index (χ4n) is 5.42. The van der Waals surface area contributed by atoms with Crippen molar-refractivity contribution in [1.82, 2.24) is 0 Å². The number of nitrogens with zero attached hydrogens (tertiary/aromatic N) is 1. The van der Waals surface area contributed by atoms with Crippen molar-refractivity contribution in [3.05, 3.63) is 0 Å². The van der Waals surface area contributed by atoms with Crippen LogP contribution >= 0.6 is 0 Å². The number of quaternary nitrogens is 1. The van der Waals surface area contributed by atoms with Crippen molar-refractivity contribution in [3.63, 3.8) is 0 Å². The lowest BCUT2D eigenvalue weighted by molar-refractivity contribution is -0.951. The average Bonchev–Trinajstić information content (AvgIpc) is 2.72. The van der Waals surface area contributed by atoms with Gasteiger partial charge in [-0.05, 0) is 51.9 Å².